The summed E-state index contributed by atoms with van der Waals surface area (Å²) >= 11 is 0. The summed E-state index contributed by atoms with van der Waals surface area (Å²) in [6.07, 6.45) is -3.27. The molecule has 1 aliphatic heterocycles. The van der Waals surface area contributed by atoms with Crippen LogP contribution < -0.4 is 11.4 Å². The first-order chi connectivity index (χ1) is 8.04. The standard InChI is InChI=1S/C9H13N3O5/c10-5-1-2-12(9(16)11-5)8-7(15)6(14)4(3-13)17-8/h1-2,4,6-8,13-15H,3H2,(H2,10,11,16)/t4-,6-,7-,8-/m1/s1/i10+1. The molecule has 0 unspecified atom stereocenters. The van der Waals surface area contributed by atoms with E-state index in [2.05, 4.69) is 4.98 Å². The van der Waals surface area contributed by atoms with Crippen molar-refractivity contribution < 1.29 is 20.1 Å². The van der Waals surface area contributed by atoms with Gasteiger partial charge in [-0.2, -0.15) is 4.98 Å². The van der Waals surface area contributed by atoms with Crippen molar-refractivity contribution in [2.75, 3.05) is 12.3 Å². The summed E-state index contributed by atoms with van der Waals surface area (Å²) in [5.41, 5.74) is 4.63. The molecule has 1 aliphatic rings. The smallest absolute Gasteiger partial charge is 0.351 e. The summed E-state index contributed by atoms with van der Waals surface area (Å²) in [6.45, 7) is -0.453. The average Bonchev–Trinajstić information content (AvgIpc) is 2.57. The number of rotatable bonds is 2. The highest BCUT2D eigenvalue weighted by atomic mass is 16.6. The Balaban J connectivity index is 2.32. The lowest BCUT2D eigenvalue weighted by Gasteiger charge is -2.16. The molecule has 94 valence electrons. The summed E-state index contributed by atoms with van der Waals surface area (Å²) in [4.78, 5) is 15.0. The Kier molecular flexibility index (Phi) is 3.11. The zero-order chi connectivity index (χ0) is 12.6. The minimum Gasteiger partial charge on any atom is -0.394 e. The van der Waals surface area contributed by atoms with Gasteiger partial charge in [0, 0.05) is 6.20 Å². The molecule has 0 aromatic carbocycles. The number of nitrogens with zero attached hydrogens (tertiary/aromatic N) is 2. The van der Waals surface area contributed by atoms with Crippen LogP contribution in [0.3, 0.4) is 0 Å². The topological polar surface area (TPSA) is 131 Å². The van der Waals surface area contributed by atoms with Crippen LogP contribution in [0.15, 0.2) is 17.1 Å². The maximum Gasteiger partial charge on any atom is 0.351 e. The van der Waals surface area contributed by atoms with Crippen LogP contribution in [-0.2, 0) is 4.74 Å². The number of nitrogen functional groups attached to an aromatic ring is 1. The van der Waals surface area contributed by atoms with Crippen LogP contribution >= 0.6 is 0 Å². The molecular formula is C9H13N3O5. The molecule has 8 nitrogen and oxygen atoms in total. The van der Waals surface area contributed by atoms with Crippen molar-refractivity contribution in [3.05, 3.63) is 22.7 Å². The molecule has 0 aliphatic carbocycles. The molecule has 0 bridgehead atoms. The largest absolute Gasteiger partial charge is 0.394 e. The molecule has 0 amide bonds. The van der Waals surface area contributed by atoms with E-state index in [1.807, 2.05) is 0 Å². The van der Waals surface area contributed by atoms with Crippen molar-refractivity contribution in [3.63, 3.8) is 0 Å². The average molecular weight is 244 g/mol. The fourth-order valence-electron chi connectivity index (χ4n) is 1.73. The van der Waals surface area contributed by atoms with E-state index in [1.165, 1.54) is 12.3 Å². The lowest BCUT2D eigenvalue weighted by atomic mass is 10.1. The molecule has 4 atom stereocenters. The molecular weight excluding hydrogens is 231 g/mol. The zero-order valence-electron chi connectivity index (χ0n) is 8.80. The second kappa shape index (κ2) is 4.41. The third-order valence-corrected chi connectivity index (χ3v) is 2.64. The van der Waals surface area contributed by atoms with Gasteiger partial charge in [-0.05, 0) is 6.07 Å². The van der Waals surface area contributed by atoms with E-state index in [9.17, 15) is 15.0 Å². The van der Waals surface area contributed by atoms with E-state index >= 15 is 0 Å². The SMILES string of the molecule is [15NH2]c1ccn([C@@H]2O[C@H](CO)[C@@H](O)[C@H]2O)c(=O)n1. The summed E-state index contributed by atoms with van der Waals surface area (Å²) in [5.74, 6) is 0.0537. The molecule has 2 rings (SSSR count). The lowest BCUT2D eigenvalue weighted by Crippen LogP contribution is -2.36. The molecule has 2 heterocycles. The number of aliphatic hydroxyl groups excluding tert-OH is 3. The van der Waals surface area contributed by atoms with Gasteiger partial charge in [-0.1, -0.05) is 0 Å². The van der Waals surface area contributed by atoms with Crippen LogP contribution in [0.4, 0.5) is 5.82 Å². The van der Waals surface area contributed by atoms with Crippen LogP contribution in [0.25, 0.3) is 0 Å². The first-order valence-electron chi connectivity index (χ1n) is 5.01. The monoisotopic (exact) mass is 244 g/mol. The van der Waals surface area contributed by atoms with Gasteiger partial charge in [0.2, 0.25) is 0 Å². The van der Waals surface area contributed by atoms with Gasteiger partial charge >= 0.3 is 5.69 Å². The van der Waals surface area contributed by atoms with Gasteiger partial charge in [0.1, 0.15) is 24.1 Å². The minimum absolute atomic E-state index is 0.0537. The van der Waals surface area contributed by atoms with E-state index in [1.54, 1.807) is 0 Å². The Hall–Kier alpha value is -1.48. The molecule has 0 spiro atoms. The first kappa shape index (κ1) is 12.0. The number of hydrogen-bond donors (Lipinski definition) is 4. The third-order valence-electron chi connectivity index (χ3n) is 2.64. The summed E-state index contributed by atoms with van der Waals surface area (Å²) in [5, 5.41) is 28.2. The second-order valence-corrected chi connectivity index (χ2v) is 3.77. The second-order valence-electron chi connectivity index (χ2n) is 3.77. The van der Waals surface area contributed by atoms with Crippen LogP contribution in [0, 0.1) is 0 Å². The quantitative estimate of drug-likeness (QED) is 0.421. The van der Waals surface area contributed by atoms with Gasteiger partial charge < -0.3 is 25.8 Å². The van der Waals surface area contributed by atoms with E-state index in [0.29, 0.717) is 0 Å². The highest BCUT2D eigenvalue weighted by Crippen LogP contribution is 2.27. The molecule has 17 heavy (non-hydrogen) atoms. The van der Waals surface area contributed by atoms with E-state index in [4.69, 9.17) is 15.6 Å². The highest BCUT2D eigenvalue weighted by molar-refractivity contribution is 5.23. The number of anilines is 1. The Labute approximate surface area is 95.9 Å². The van der Waals surface area contributed by atoms with Crippen LogP contribution in [-0.4, -0.2) is 49.8 Å². The van der Waals surface area contributed by atoms with E-state index in [0.717, 1.165) is 4.57 Å². The van der Waals surface area contributed by atoms with E-state index in [-0.39, 0.29) is 5.82 Å². The Morgan fingerprint density at radius 2 is 2.18 bits per heavy atom. The van der Waals surface area contributed by atoms with Gasteiger partial charge in [0.05, 0.1) is 6.61 Å². The lowest BCUT2D eigenvalue weighted by molar-refractivity contribution is -0.0549. The van der Waals surface area contributed by atoms with Gasteiger partial charge in [-0.3, -0.25) is 4.57 Å². The number of ether oxygens (including phenoxy) is 1. The highest BCUT2D eigenvalue weighted by Gasteiger charge is 2.43. The fourth-order valence-corrected chi connectivity index (χ4v) is 1.73. The fraction of sp³-hybridized carbons (Fsp3) is 0.556. The normalized spacial score (nSPS) is 32.9. The third kappa shape index (κ3) is 2.03. The predicted molar refractivity (Wildman–Crippen MR) is 55.9 cm³/mol. The molecule has 0 radical (unpaired) electrons. The summed E-state index contributed by atoms with van der Waals surface area (Å²) in [7, 11) is 0. The van der Waals surface area contributed by atoms with Crippen molar-refractivity contribution >= 4 is 5.82 Å². The summed E-state index contributed by atoms with van der Waals surface area (Å²) < 4.78 is 6.19. The molecule has 1 fully saturated rings. The van der Waals surface area contributed by atoms with E-state index < -0.39 is 36.8 Å². The van der Waals surface area contributed by atoms with Crippen molar-refractivity contribution in [2.45, 2.75) is 24.5 Å². The van der Waals surface area contributed by atoms with Crippen molar-refractivity contribution in [1.29, 1.82) is 0 Å². The molecule has 0 saturated carbocycles. The Morgan fingerprint density at radius 3 is 2.71 bits per heavy atom. The maximum atomic E-state index is 11.5. The number of hydrogen-bond acceptors (Lipinski definition) is 7. The Bertz CT molecular complexity index is 462. The van der Waals surface area contributed by atoms with Gasteiger partial charge in [0.25, 0.3) is 0 Å². The minimum atomic E-state index is -1.31. The Morgan fingerprint density at radius 1 is 1.47 bits per heavy atom. The molecule has 1 aromatic rings. The predicted octanol–water partition coefficient (Wildman–Crippen LogP) is -2.56. The molecule has 8 heteroatoms. The van der Waals surface area contributed by atoms with Crippen LogP contribution in [0.5, 0.6) is 0 Å². The maximum absolute atomic E-state index is 11.5. The number of aromatic nitrogens is 2. The van der Waals surface area contributed by atoms with Crippen molar-refractivity contribution in [3.8, 4) is 0 Å². The van der Waals surface area contributed by atoms with Gasteiger partial charge in [0.15, 0.2) is 6.23 Å². The number of nitrogens with two attached hydrogens (primary N) is 1. The zero-order valence-corrected chi connectivity index (χ0v) is 8.80. The number of aliphatic hydroxyl groups is 3. The molecule has 1 saturated heterocycles. The first-order valence-corrected chi connectivity index (χ1v) is 5.01. The van der Waals surface area contributed by atoms with Crippen molar-refractivity contribution in [1.82, 2.24) is 9.55 Å². The van der Waals surface area contributed by atoms with Crippen LogP contribution in [0.1, 0.15) is 6.23 Å². The summed E-state index contributed by atoms with van der Waals surface area (Å²) in [6, 6.07) is 1.37. The van der Waals surface area contributed by atoms with Crippen molar-refractivity contribution in [2.24, 2.45) is 0 Å². The van der Waals surface area contributed by atoms with Gasteiger partial charge in [-0.25, -0.2) is 4.79 Å². The van der Waals surface area contributed by atoms with Gasteiger partial charge in [-0.15, -0.1) is 0 Å². The van der Waals surface area contributed by atoms with Crippen LogP contribution in [0.2, 0.25) is 0 Å². The molecule has 1 aromatic heterocycles. The molecule has 5 N–H and O–H groups in total.